The number of ether oxygens (including phenoxy) is 1. The molecule has 0 radical (unpaired) electrons. The summed E-state index contributed by atoms with van der Waals surface area (Å²) in [6.07, 6.45) is 1.09. The third-order valence-corrected chi connectivity index (χ3v) is 2.60. The van der Waals surface area contributed by atoms with Gasteiger partial charge < -0.3 is 19.8 Å². The van der Waals surface area contributed by atoms with Gasteiger partial charge in [-0.25, -0.2) is 0 Å². The molecule has 0 aliphatic heterocycles. The first-order chi connectivity index (χ1) is 9.37. The zero-order valence-electron chi connectivity index (χ0n) is 13.3. The number of hydrogen-bond acceptors (Lipinski definition) is 6. The fraction of sp³-hybridized carbons (Fsp3) is 0.857. The van der Waals surface area contributed by atoms with Crippen molar-refractivity contribution in [2.45, 2.75) is 53.1 Å². The predicted octanol–water partition coefficient (Wildman–Crippen LogP) is 2.43. The van der Waals surface area contributed by atoms with Crippen molar-refractivity contribution in [3.05, 3.63) is 5.89 Å². The number of aromatic nitrogens is 2. The van der Waals surface area contributed by atoms with Gasteiger partial charge in [0.05, 0.1) is 13.2 Å². The van der Waals surface area contributed by atoms with Gasteiger partial charge in [-0.05, 0) is 33.1 Å². The van der Waals surface area contributed by atoms with Crippen LogP contribution < -0.4 is 10.6 Å². The lowest BCUT2D eigenvalue weighted by Gasteiger charge is -2.18. The molecule has 6 heteroatoms. The molecule has 1 aromatic heterocycles. The van der Waals surface area contributed by atoms with Crippen molar-refractivity contribution in [1.82, 2.24) is 15.5 Å². The summed E-state index contributed by atoms with van der Waals surface area (Å²) in [5.41, 5.74) is 0.0340. The van der Waals surface area contributed by atoms with Gasteiger partial charge in [0.1, 0.15) is 0 Å². The Morgan fingerprint density at radius 2 is 1.95 bits per heavy atom. The number of hydrogen-bond donors (Lipinski definition) is 2. The van der Waals surface area contributed by atoms with E-state index in [0.717, 1.165) is 13.0 Å². The molecule has 1 heterocycles. The van der Waals surface area contributed by atoms with E-state index in [1.165, 1.54) is 0 Å². The molecular formula is C14H28N4O2. The summed E-state index contributed by atoms with van der Waals surface area (Å²) < 4.78 is 11.0. The molecule has 0 unspecified atom stereocenters. The van der Waals surface area contributed by atoms with Crippen molar-refractivity contribution in [3.63, 3.8) is 0 Å². The van der Waals surface area contributed by atoms with Gasteiger partial charge in [0, 0.05) is 18.7 Å². The van der Waals surface area contributed by atoms with Crippen LogP contribution in [0.5, 0.6) is 0 Å². The quantitative estimate of drug-likeness (QED) is 0.679. The Morgan fingerprint density at radius 3 is 2.60 bits per heavy atom. The predicted molar refractivity (Wildman–Crippen MR) is 79.7 cm³/mol. The Kier molecular flexibility index (Phi) is 6.95. The fourth-order valence-electron chi connectivity index (χ4n) is 1.39. The molecule has 0 saturated heterocycles. The zero-order chi connectivity index (χ0) is 15.0. The van der Waals surface area contributed by atoms with Gasteiger partial charge in [-0.1, -0.05) is 18.9 Å². The first-order valence-corrected chi connectivity index (χ1v) is 7.26. The molecule has 0 aromatic carbocycles. The maximum absolute atomic E-state index is 5.50. The number of nitrogens with zero attached hydrogens (tertiary/aromatic N) is 2. The topological polar surface area (TPSA) is 72.2 Å². The summed E-state index contributed by atoms with van der Waals surface area (Å²) in [5.74, 6) is 1.26. The molecule has 0 saturated carbocycles. The first kappa shape index (κ1) is 16.9. The summed E-state index contributed by atoms with van der Waals surface area (Å²) >= 11 is 0. The monoisotopic (exact) mass is 284 g/mol. The highest BCUT2D eigenvalue weighted by Crippen LogP contribution is 2.07. The van der Waals surface area contributed by atoms with E-state index in [1.807, 2.05) is 0 Å². The normalized spacial score (nSPS) is 12.1. The summed E-state index contributed by atoms with van der Waals surface area (Å²) in [7, 11) is 0. The van der Waals surface area contributed by atoms with Gasteiger partial charge in [-0.2, -0.15) is 0 Å². The molecule has 0 amide bonds. The van der Waals surface area contributed by atoms with Gasteiger partial charge in [-0.15, -0.1) is 5.10 Å². The number of rotatable bonds is 9. The highest BCUT2D eigenvalue weighted by atomic mass is 16.5. The van der Waals surface area contributed by atoms with Crippen LogP contribution in [0.2, 0.25) is 0 Å². The van der Waals surface area contributed by atoms with Crippen LogP contribution in [0.15, 0.2) is 4.42 Å². The zero-order valence-corrected chi connectivity index (χ0v) is 13.3. The van der Waals surface area contributed by atoms with E-state index in [2.05, 4.69) is 55.4 Å². The summed E-state index contributed by atoms with van der Waals surface area (Å²) in [6, 6.07) is 0.447. The highest BCUT2D eigenvalue weighted by molar-refractivity contribution is 5.16. The average molecular weight is 284 g/mol. The van der Waals surface area contributed by atoms with Crippen LogP contribution in [0.3, 0.4) is 0 Å². The maximum atomic E-state index is 5.50. The minimum atomic E-state index is 0.0340. The first-order valence-electron chi connectivity index (χ1n) is 7.26. The van der Waals surface area contributed by atoms with Crippen LogP contribution in [0.25, 0.3) is 0 Å². The Hall–Kier alpha value is -1.14. The second kappa shape index (κ2) is 8.21. The molecular weight excluding hydrogens is 256 g/mol. The third kappa shape index (κ3) is 8.12. The van der Waals surface area contributed by atoms with Crippen LogP contribution in [-0.4, -0.2) is 35.5 Å². The second-order valence-electron chi connectivity index (χ2n) is 6.33. The summed E-state index contributed by atoms with van der Waals surface area (Å²) in [5, 5.41) is 14.3. The smallest absolute Gasteiger partial charge is 0.315 e. The minimum absolute atomic E-state index is 0.0340. The molecule has 116 valence electrons. The van der Waals surface area contributed by atoms with Crippen LogP contribution in [0.1, 0.15) is 46.9 Å². The van der Waals surface area contributed by atoms with Gasteiger partial charge in [0.25, 0.3) is 0 Å². The molecule has 0 aliphatic carbocycles. The van der Waals surface area contributed by atoms with Gasteiger partial charge in [-0.3, -0.25) is 0 Å². The van der Waals surface area contributed by atoms with E-state index in [9.17, 15) is 0 Å². The van der Waals surface area contributed by atoms with Crippen LogP contribution >= 0.6 is 0 Å². The molecule has 0 bridgehead atoms. The molecule has 20 heavy (non-hydrogen) atoms. The van der Waals surface area contributed by atoms with Crippen LogP contribution in [-0.2, 0) is 11.3 Å². The minimum Gasteiger partial charge on any atom is -0.407 e. The lowest BCUT2D eigenvalue weighted by Crippen LogP contribution is -2.35. The Labute approximate surface area is 121 Å². The van der Waals surface area contributed by atoms with Gasteiger partial charge >= 0.3 is 6.01 Å². The van der Waals surface area contributed by atoms with Gasteiger partial charge in [0.15, 0.2) is 0 Å². The van der Waals surface area contributed by atoms with Crippen molar-refractivity contribution in [3.8, 4) is 0 Å². The Balaban J connectivity index is 2.14. The molecule has 1 aromatic rings. The number of anilines is 1. The van der Waals surface area contributed by atoms with Crippen molar-refractivity contribution in [2.24, 2.45) is 5.92 Å². The molecule has 0 aliphatic rings. The van der Waals surface area contributed by atoms with E-state index in [1.54, 1.807) is 0 Å². The molecule has 0 fully saturated rings. The van der Waals surface area contributed by atoms with Gasteiger partial charge in [0.2, 0.25) is 5.89 Å². The van der Waals surface area contributed by atoms with Crippen molar-refractivity contribution < 1.29 is 9.15 Å². The maximum Gasteiger partial charge on any atom is 0.315 e. The summed E-state index contributed by atoms with van der Waals surface area (Å²) in [4.78, 5) is 0. The molecule has 1 rings (SSSR count). The largest absolute Gasteiger partial charge is 0.407 e. The lowest BCUT2D eigenvalue weighted by molar-refractivity contribution is 0.132. The number of nitrogens with one attached hydrogen (secondary N) is 2. The van der Waals surface area contributed by atoms with Crippen molar-refractivity contribution in [2.75, 3.05) is 25.1 Å². The highest BCUT2D eigenvalue weighted by Gasteiger charge is 2.11. The standard InChI is InChI=1S/C14H28N4O2/c1-11(2)6-8-19-9-7-15-13-18-17-12(20-13)10-16-14(3,4)5/h11,16H,6-10H2,1-5H3,(H,15,18). The van der Waals surface area contributed by atoms with Crippen LogP contribution in [0.4, 0.5) is 6.01 Å². The SMILES string of the molecule is CC(C)CCOCCNc1nnc(CNC(C)(C)C)o1. The molecule has 6 nitrogen and oxygen atoms in total. The van der Waals surface area contributed by atoms with E-state index in [4.69, 9.17) is 9.15 Å². The molecule has 2 N–H and O–H groups in total. The lowest BCUT2D eigenvalue weighted by atomic mass is 10.1. The fourth-order valence-corrected chi connectivity index (χ4v) is 1.39. The Bertz CT molecular complexity index is 371. The van der Waals surface area contributed by atoms with E-state index >= 15 is 0 Å². The molecule has 0 spiro atoms. The van der Waals surface area contributed by atoms with Crippen molar-refractivity contribution >= 4 is 6.01 Å². The second-order valence-corrected chi connectivity index (χ2v) is 6.33. The average Bonchev–Trinajstić information content (AvgIpc) is 2.78. The van der Waals surface area contributed by atoms with E-state index in [0.29, 0.717) is 37.5 Å². The van der Waals surface area contributed by atoms with Crippen molar-refractivity contribution in [1.29, 1.82) is 0 Å². The summed E-state index contributed by atoms with van der Waals surface area (Å²) in [6.45, 7) is 13.3. The third-order valence-electron chi connectivity index (χ3n) is 2.60. The van der Waals surface area contributed by atoms with E-state index < -0.39 is 0 Å². The molecule has 0 atom stereocenters. The van der Waals surface area contributed by atoms with E-state index in [-0.39, 0.29) is 5.54 Å². The Morgan fingerprint density at radius 1 is 1.20 bits per heavy atom. The van der Waals surface area contributed by atoms with Crippen LogP contribution in [0, 0.1) is 5.92 Å².